The molecule has 0 aromatic heterocycles. The molecule has 0 aliphatic heterocycles. The molecule has 1 unspecified atom stereocenters. The Hall–Kier alpha value is -2.18. The van der Waals surface area contributed by atoms with Crippen molar-refractivity contribution in [1.82, 2.24) is 5.32 Å². The van der Waals surface area contributed by atoms with Crippen molar-refractivity contribution in [3.8, 4) is 5.75 Å². The standard InChI is InChI=1S/C21H29N2O5P/c1-15(2)12-19(22)21(24)23-20(29(25,26)27)13-16-8-10-18(11-9-16)28-14-17-6-4-3-5-7-17/h3-11,15,19-20H,12-14,22H2,1-2H3,(H,23,24)(H2,25,26,27)/t19?,20-/m1/s1. The fourth-order valence-corrected chi connectivity index (χ4v) is 3.57. The van der Waals surface area contributed by atoms with Crippen LogP contribution in [0.25, 0.3) is 0 Å². The van der Waals surface area contributed by atoms with Crippen molar-refractivity contribution in [3.63, 3.8) is 0 Å². The minimum atomic E-state index is -4.55. The summed E-state index contributed by atoms with van der Waals surface area (Å²) < 4.78 is 17.6. The summed E-state index contributed by atoms with van der Waals surface area (Å²) in [6.07, 6.45) is 0.427. The van der Waals surface area contributed by atoms with Gasteiger partial charge in [-0.15, -0.1) is 0 Å². The van der Waals surface area contributed by atoms with Crippen LogP contribution in [0, 0.1) is 5.92 Å². The van der Waals surface area contributed by atoms with Crippen LogP contribution in [0.2, 0.25) is 0 Å². The molecule has 2 rings (SSSR count). The molecular formula is C21H29N2O5P. The molecule has 7 nitrogen and oxygen atoms in total. The van der Waals surface area contributed by atoms with E-state index in [9.17, 15) is 19.1 Å². The summed E-state index contributed by atoms with van der Waals surface area (Å²) in [6.45, 7) is 4.28. The second kappa shape index (κ2) is 10.6. The Kier molecular flexibility index (Phi) is 8.41. The molecule has 0 heterocycles. The number of carbonyl (C=O) groups excluding carboxylic acids is 1. The van der Waals surface area contributed by atoms with E-state index in [0.717, 1.165) is 5.56 Å². The summed E-state index contributed by atoms with van der Waals surface area (Å²) in [6, 6.07) is 15.9. The van der Waals surface area contributed by atoms with Gasteiger partial charge in [0.05, 0.1) is 6.04 Å². The molecule has 29 heavy (non-hydrogen) atoms. The minimum Gasteiger partial charge on any atom is -0.489 e. The van der Waals surface area contributed by atoms with Gasteiger partial charge >= 0.3 is 7.60 Å². The van der Waals surface area contributed by atoms with Crippen molar-refractivity contribution >= 4 is 13.5 Å². The van der Waals surface area contributed by atoms with Crippen LogP contribution in [0.15, 0.2) is 54.6 Å². The summed E-state index contributed by atoms with van der Waals surface area (Å²) in [5.74, 6) is -1.04. The van der Waals surface area contributed by atoms with E-state index >= 15 is 0 Å². The number of hydrogen-bond donors (Lipinski definition) is 4. The molecule has 2 aromatic carbocycles. The molecule has 0 aliphatic rings. The Morgan fingerprint density at radius 1 is 1.07 bits per heavy atom. The van der Waals surface area contributed by atoms with Gasteiger partial charge in [-0.1, -0.05) is 56.3 Å². The predicted octanol–water partition coefficient (Wildman–Crippen LogP) is 2.80. The van der Waals surface area contributed by atoms with E-state index < -0.39 is 25.3 Å². The third kappa shape index (κ3) is 7.99. The first-order valence-electron chi connectivity index (χ1n) is 9.52. The largest absolute Gasteiger partial charge is 0.489 e. The molecule has 0 saturated carbocycles. The van der Waals surface area contributed by atoms with Gasteiger partial charge in [-0.2, -0.15) is 0 Å². The zero-order chi connectivity index (χ0) is 21.4. The van der Waals surface area contributed by atoms with E-state index in [1.54, 1.807) is 24.3 Å². The average Bonchev–Trinajstić information content (AvgIpc) is 2.66. The molecule has 0 aliphatic carbocycles. The Balaban J connectivity index is 1.98. The van der Waals surface area contributed by atoms with E-state index in [0.29, 0.717) is 24.3 Å². The number of benzene rings is 2. The third-order valence-electron chi connectivity index (χ3n) is 4.38. The molecule has 2 atom stereocenters. The molecule has 0 fully saturated rings. The predicted molar refractivity (Wildman–Crippen MR) is 112 cm³/mol. The van der Waals surface area contributed by atoms with Crippen molar-refractivity contribution in [3.05, 3.63) is 65.7 Å². The molecule has 1 amide bonds. The highest BCUT2D eigenvalue weighted by molar-refractivity contribution is 7.52. The first-order valence-corrected chi connectivity index (χ1v) is 11.2. The van der Waals surface area contributed by atoms with Crippen LogP contribution in [-0.2, 0) is 22.4 Å². The molecule has 0 bridgehead atoms. The Morgan fingerprint density at radius 3 is 2.24 bits per heavy atom. The zero-order valence-corrected chi connectivity index (χ0v) is 17.6. The number of hydrogen-bond acceptors (Lipinski definition) is 4. The van der Waals surface area contributed by atoms with Crippen LogP contribution in [0.1, 0.15) is 31.4 Å². The lowest BCUT2D eigenvalue weighted by molar-refractivity contribution is -0.123. The summed E-state index contributed by atoms with van der Waals surface area (Å²) in [5.41, 5.74) is 7.53. The van der Waals surface area contributed by atoms with Crippen molar-refractivity contribution in [2.45, 2.75) is 45.1 Å². The summed E-state index contributed by atoms with van der Waals surface area (Å²) in [7, 11) is -4.55. The van der Waals surface area contributed by atoms with Crippen LogP contribution in [0.5, 0.6) is 5.75 Å². The van der Waals surface area contributed by atoms with Gasteiger partial charge in [-0.3, -0.25) is 9.36 Å². The second-order valence-corrected chi connectivity index (χ2v) is 9.27. The number of amides is 1. The molecule has 2 aromatic rings. The van der Waals surface area contributed by atoms with Gasteiger partial charge in [-0.05, 0) is 35.6 Å². The van der Waals surface area contributed by atoms with E-state index in [4.69, 9.17) is 10.5 Å². The third-order valence-corrected chi connectivity index (χ3v) is 5.50. The van der Waals surface area contributed by atoms with Gasteiger partial charge in [0, 0.05) is 6.42 Å². The van der Waals surface area contributed by atoms with E-state index in [-0.39, 0.29) is 12.3 Å². The quantitative estimate of drug-likeness (QED) is 0.439. The monoisotopic (exact) mass is 420 g/mol. The van der Waals surface area contributed by atoms with Gasteiger partial charge in [0.2, 0.25) is 5.91 Å². The smallest absolute Gasteiger partial charge is 0.347 e. The Bertz CT molecular complexity index is 821. The molecule has 0 saturated heterocycles. The van der Waals surface area contributed by atoms with Gasteiger partial charge in [0.25, 0.3) is 0 Å². The molecule has 158 valence electrons. The number of ether oxygens (including phenoxy) is 1. The maximum Gasteiger partial charge on any atom is 0.347 e. The average molecular weight is 420 g/mol. The first kappa shape index (κ1) is 23.1. The fraction of sp³-hybridized carbons (Fsp3) is 0.381. The van der Waals surface area contributed by atoms with E-state index in [1.807, 2.05) is 44.2 Å². The summed E-state index contributed by atoms with van der Waals surface area (Å²) in [4.78, 5) is 31.5. The van der Waals surface area contributed by atoms with Crippen molar-refractivity contribution in [1.29, 1.82) is 0 Å². The highest BCUT2D eigenvalue weighted by atomic mass is 31.2. The topological polar surface area (TPSA) is 122 Å². The van der Waals surface area contributed by atoms with Crippen LogP contribution in [0.4, 0.5) is 0 Å². The van der Waals surface area contributed by atoms with Crippen LogP contribution in [0.3, 0.4) is 0 Å². The van der Waals surface area contributed by atoms with Gasteiger partial charge in [-0.25, -0.2) is 0 Å². The van der Waals surface area contributed by atoms with Gasteiger partial charge in [0.15, 0.2) is 0 Å². The lowest BCUT2D eigenvalue weighted by atomic mass is 10.0. The number of carbonyl (C=O) groups is 1. The Labute approximate surface area is 171 Å². The fourth-order valence-electron chi connectivity index (χ4n) is 2.83. The van der Waals surface area contributed by atoms with E-state index in [2.05, 4.69) is 5.32 Å². The lowest BCUT2D eigenvalue weighted by Crippen LogP contribution is -2.46. The maximum absolute atomic E-state index is 12.2. The first-order chi connectivity index (χ1) is 13.6. The van der Waals surface area contributed by atoms with Crippen molar-refractivity contribution in [2.24, 2.45) is 11.7 Å². The molecule has 8 heteroatoms. The lowest BCUT2D eigenvalue weighted by Gasteiger charge is -2.22. The van der Waals surface area contributed by atoms with Crippen molar-refractivity contribution in [2.75, 3.05) is 0 Å². The molecule has 0 radical (unpaired) electrons. The minimum absolute atomic E-state index is 0.0105. The number of nitrogens with one attached hydrogen (secondary N) is 1. The Morgan fingerprint density at radius 2 is 1.69 bits per heavy atom. The van der Waals surface area contributed by atoms with Gasteiger partial charge < -0.3 is 25.6 Å². The van der Waals surface area contributed by atoms with Crippen LogP contribution >= 0.6 is 7.60 Å². The van der Waals surface area contributed by atoms with E-state index in [1.165, 1.54) is 0 Å². The van der Waals surface area contributed by atoms with Gasteiger partial charge in [0.1, 0.15) is 18.1 Å². The SMILES string of the molecule is CC(C)CC(N)C(=O)N[C@@H](Cc1ccc(OCc2ccccc2)cc1)P(=O)(O)O. The van der Waals surface area contributed by atoms with Crippen LogP contribution < -0.4 is 15.8 Å². The maximum atomic E-state index is 12.2. The number of nitrogens with two attached hydrogens (primary N) is 1. The zero-order valence-electron chi connectivity index (χ0n) is 16.7. The highest BCUT2D eigenvalue weighted by Crippen LogP contribution is 2.41. The normalized spacial score (nSPS) is 13.7. The second-order valence-electron chi connectivity index (χ2n) is 7.47. The highest BCUT2D eigenvalue weighted by Gasteiger charge is 2.32. The van der Waals surface area contributed by atoms with Crippen molar-refractivity contribution < 1.29 is 23.9 Å². The van der Waals surface area contributed by atoms with Crippen LogP contribution in [-0.4, -0.2) is 27.5 Å². The summed E-state index contributed by atoms with van der Waals surface area (Å²) >= 11 is 0. The number of rotatable bonds is 10. The summed E-state index contributed by atoms with van der Waals surface area (Å²) in [5, 5.41) is 2.41. The molecule has 5 N–H and O–H groups in total. The molecular weight excluding hydrogens is 391 g/mol. The molecule has 0 spiro atoms.